The summed E-state index contributed by atoms with van der Waals surface area (Å²) in [7, 11) is 4.58. The first kappa shape index (κ1) is 27.2. The number of ether oxygens (including phenoxy) is 1. The lowest BCUT2D eigenvalue weighted by atomic mass is 9.62. The number of hydrogen-bond acceptors (Lipinski definition) is 4. The van der Waals surface area contributed by atoms with Crippen LogP contribution in [0.4, 0.5) is 4.39 Å². The van der Waals surface area contributed by atoms with Gasteiger partial charge in [-0.1, -0.05) is 67.1 Å². The maximum absolute atomic E-state index is 15.5. The number of carbonyl (C=O) groups is 1. The normalized spacial score (nSPS) is 16.3. The van der Waals surface area contributed by atoms with E-state index in [1.54, 1.807) is 19.2 Å². The van der Waals surface area contributed by atoms with Crippen molar-refractivity contribution < 1.29 is 19.0 Å². The van der Waals surface area contributed by atoms with E-state index in [1.165, 1.54) is 15.7 Å². The van der Waals surface area contributed by atoms with Gasteiger partial charge in [0.15, 0.2) is 0 Å². The van der Waals surface area contributed by atoms with Gasteiger partial charge in [-0.25, -0.2) is 0 Å². The zero-order valence-corrected chi connectivity index (χ0v) is 22.1. The van der Waals surface area contributed by atoms with Gasteiger partial charge in [0.2, 0.25) is 0 Å². The molecule has 1 saturated heterocycles. The molecule has 1 fully saturated rings. The SMILES string of the molecule is BC(B)(F)c1cc(CN2CCCC[C@H]2C(=O)O)c(OC)cc1/C=C/c1cccc(-c2ccccc2)c1C#N. The lowest BCUT2D eigenvalue weighted by Gasteiger charge is -2.33. The van der Waals surface area contributed by atoms with E-state index in [2.05, 4.69) is 6.07 Å². The molecular formula is C30H31B2FN2O3. The number of nitrogens with zero attached hydrogens (tertiary/aromatic N) is 2. The second-order valence-corrected chi connectivity index (χ2v) is 10.1. The third-order valence-electron chi connectivity index (χ3n) is 7.10. The van der Waals surface area contributed by atoms with Gasteiger partial charge in [-0.05, 0) is 53.8 Å². The van der Waals surface area contributed by atoms with Crippen LogP contribution in [0.15, 0.2) is 60.7 Å². The Morgan fingerprint density at radius 2 is 1.89 bits per heavy atom. The Hall–Kier alpha value is -3.82. The van der Waals surface area contributed by atoms with Gasteiger partial charge in [-0.3, -0.25) is 14.1 Å². The van der Waals surface area contributed by atoms with Crippen LogP contribution in [-0.2, 0) is 16.8 Å². The molecule has 4 rings (SSSR count). The Morgan fingerprint density at radius 3 is 2.55 bits per heavy atom. The number of methoxy groups -OCH3 is 1. The molecule has 1 atom stereocenters. The number of rotatable bonds is 8. The summed E-state index contributed by atoms with van der Waals surface area (Å²) in [6, 6.07) is 20.8. The molecule has 192 valence electrons. The van der Waals surface area contributed by atoms with Gasteiger partial charge in [0.05, 0.1) is 18.1 Å². The molecule has 0 spiro atoms. The standard InChI is InChI=1S/C30H31B2FN2O3/c1-38-28-17-22(14-13-21-10-7-11-24(25(21)18-34)20-8-3-2-4-9-20)26(30(31,32)33)16-23(28)19-35-15-6-5-12-27(35)29(36)37/h2-4,7-11,13-14,16-17,27H,5-6,12,15,19,31-32H2,1H3,(H,36,37)/b14-13+/t27-/m0/s1. The lowest BCUT2D eigenvalue weighted by Crippen LogP contribution is -2.44. The molecule has 1 aliphatic rings. The van der Waals surface area contributed by atoms with Gasteiger partial charge in [0.25, 0.3) is 0 Å². The molecular weight excluding hydrogens is 477 g/mol. The summed E-state index contributed by atoms with van der Waals surface area (Å²) >= 11 is 0. The van der Waals surface area contributed by atoms with Crippen LogP contribution in [0.5, 0.6) is 5.75 Å². The van der Waals surface area contributed by atoms with E-state index in [1.807, 2.05) is 65.6 Å². The van der Waals surface area contributed by atoms with Crippen molar-refractivity contribution in [3.05, 3.63) is 88.5 Å². The van der Waals surface area contributed by atoms with Crippen molar-refractivity contribution in [2.24, 2.45) is 0 Å². The first-order valence-corrected chi connectivity index (χ1v) is 12.9. The topological polar surface area (TPSA) is 73.6 Å². The number of piperidine rings is 1. The summed E-state index contributed by atoms with van der Waals surface area (Å²) in [4.78, 5) is 13.7. The van der Waals surface area contributed by atoms with E-state index in [0.717, 1.165) is 35.1 Å². The predicted molar refractivity (Wildman–Crippen MR) is 154 cm³/mol. The summed E-state index contributed by atoms with van der Waals surface area (Å²) in [5, 5.41) is 19.7. The minimum Gasteiger partial charge on any atom is -0.496 e. The molecule has 38 heavy (non-hydrogen) atoms. The molecule has 0 bridgehead atoms. The number of aliphatic carboxylic acids is 1. The summed E-state index contributed by atoms with van der Waals surface area (Å²) in [6.07, 6.45) is 6.06. The number of nitriles is 1. The Labute approximate surface area is 225 Å². The van der Waals surface area contributed by atoms with Crippen molar-refractivity contribution in [3.63, 3.8) is 0 Å². The van der Waals surface area contributed by atoms with Crippen LogP contribution in [0.3, 0.4) is 0 Å². The Kier molecular flexibility index (Phi) is 8.38. The molecule has 0 aliphatic carbocycles. The third-order valence-corrected chi connectivity index (χ3v) is 7.10. The van der Waals surface area contributed by atoms with Crippen LogP contribution in [0, 0.1) is 11.3 Å². The largest absolute Gasteiger partial charge is 0.496 e. The molecule has 5 nitrogen and oxygen atoms in total. The van der Waals surface area contributed by atoms with E-state index >= 15 is 4.39 Å². The highest BCUT2D eigenvalue weighted by Crippen LogP contribution is 2.34. The molecule has 1 aliphatic heterocycles. The van der Waals surface area contributed by atoms with Gasteiger partial charge in [0.1, 0.15) is 33.6 Å². The van der Waals surface area contributed by atoms with Crippen LogP contribution >= 0.6 is 0 Å². The summed E-state index contributed by atoms with van der Waals surface area (Å²) in [5.74, 6) is -0.258. The predicted octanol–water partition coefficient (Wildman–Crippen LogP) is 4.19. The highest BCUT2D eigenvalue weighted by Gasteiger charge is 2.30. The fraction of sp³-hybridized carbons (Fsp3) is 0.267. The molecule has 0 unspecified atom stereocenters. The van der Waals surface area contributed by atoms with Crippen LogP contribution in [-0.4, -0.2) is 51.4 Å². The van der Waals surface area contributed by atoms with E-state index < -0.39 is 17.5 Å². The van der Waals surface area contributed by atoms with E-state index in [0.29, 0.717) is 42.0 Å². The van der Waals surface area contributed by atoms with Gasteiger partial charge in [-0.15, -0.1) is 0 Å². The highest BCUT2D eigenvalue weighted by atomic mass is 19.1. The average molecular weight is 508 g/mol. The van der Waals surface area contributed by atoms with Crippen LogP contribution in [0.1, 0.15) is 47.1 Å². The number of alkyl halides is 1. The molecule has 3 aromatic carbocycles. The van der Waals surface area contributed by atoms with Crippen molar-refractivity contribution in [3.8, 4) is 22.9 Å². The Bertz CT molecular complexity index is 1380. The second-order valence-electron chi connectivity index (χ2n) is 10.1. The molecule has 0 aromatic heterocycles. The smallest absolute Gasteiger partial charge is 0.320 e. The van der Waals surface area contributed by atoms with E-state index in [-0.39, 0.29) is 0 Å². The number of halogens is 1. The fourth-order valence-electron chi connectivity index (χ4n) is 5.16. The van der Waals surface area contributed by atoms with E-state index in [4.69, 9.17) is 4.74 Å². The van der Waals surface area contributed by atoms with E-state index in [9.17, 15) is 15.2 Å². The minimum absolute atomic E-state index is 0.366. The van der Waals surface area contributed by atoms with Gasteiger partial charge < -0.3 is 9.84 Å². The van der Waals surface area contributed by atoms with Crippen molar-refractivity contribution in [2.75, 3.05) is 13.7 Å². The quantitative estimate of drug-likeness (QED) is 0.365. The molecule has 3 aromatic rings. The Balaban J connectivity index is 1.74. The molecule has 0 radical (unpaired) electrons. The zero-order valence-electron chi connectivity index (χ0n) is 22.1. The average Bonchev–Trinajstić information content (AvgIpc) is 2.91. The zero-order chi connectivity index (χ0) is 27.3. The minimum atomic E-state index is -1.65. The second kappa shape index (κ2) is 11.7. The monoisotopic (exact) mass is 508 g/mol. The van der Waals surface area contributed by atoms with Crippen molar-refractivity contribution in [2.45, 2.75) is 37.3 Å². The molecule has 1 heterocycles. The lowest BCUT2D eigenvalue weighted by molar-refractivity contribution is -0.144. The maximum Gasteiger partial charge on any atom is 0.320 e. The first-order chi connectivity index (χ1) is 18.2. The Morgan fingerprint density at radius 1 is 1.16 bits per heavy atom. The number of benzene rings is 3. The van der Waals surface area contributed by atoms with Crippen LogP contribution in [0.25, 0.3) is 23.3 Å². The molecule has 0 amide bonds. The number of hydrogen-bond donors (Lipinski definition) is 1. The molecule has 0 saturated carbocycles. The van der Waals surface area contributed by atoms with Gasteiger partial charge >= 0.3 is 5.97 Å². The summed E-state index contributed by atoms with van der Waals surface area (Å²) in [5.41, 5.74) is 3.28. The van der Waals surface area contributed by atoms with Crippen molar-refractivity contribution in [1.29, 1.82) is 5.26 Å². The number of carboxylic acids is 1. The van der Waals surface area contributed by atoms with Gasteiger partial charge in [0, 0.05) is 17.7 Å². The van der Waals surface area contributed by atoms with Crippen molar-refractivity contribution in [1.82, 2.24) is 4.90 Å². The number of carboxylic acid groups (broad SMARTS) is 1. The summed E-state index contributed by atoms with van der Waals surface area (Å²) in [6.45, 7) is 1.04. The third kappa shape index (κ3) is 6.00. The summed E-state index contributed by atoms with van der Waals surface area (Å²) < 4.78 is 21.2. The maximum atomic E-state index is 15.5. The van der Waals surface area contributed by atoms with Crippen LogP contribution in [0.2, 0.25) is 0 Å². The first-order valence-electron chi connectivity index (χ1n) is 12.9. The van der Waals surface area contributed by atoms with Crippen molar-refractivity contribution >= 4 is 33.8 Å². The highest BCUT2D eigenvalue weighted by molar-refractivity contribution is 6.39. The molecule has 8 heteroatoms. The molecule has 1 N–H and O–H groups in total. The van der Waals surface area contributed by atoms with Crippen LogP contribution < -0.4 is 4.74 Å². The van der Waals surface area contributed by atoms with Gasteiger partial charge in [-0.2, -0.15) is 5.26 Å². The fourth-order valence-corrected chi connectivity index (χ4v) is 5.16. The number of likely N-dealkylation sites (tertiary alicyclic amines) is 1.